The van der Waals surface area contributed by atoms with E-state index in [1.165, 1.54) is 0 Å². The molecule has 0 saturated carbocycles. The normalized spacial score (nSPS) is 23.3. The molecule has 0 bridgehead atoms. The van der Waals surface area contributed by atoms with E-state index in [0.29, 0.717) is 19.8 Å². The van der Waals surface area contributed by atoms with Crippen molar-refractivity contribution in [2.24, 2.45) is 11.1 Å². The molecule has 1 fully saturated rings. The first-order valence-electron chi connectivity index (χ1n) is 3.22. The summed E-state index contributed by atoms with van der Waals surface area (Å²) in [6, 6.07) is 0. The maximum atomic E-state index is 8.83. The average Bonchev–Trinajstić information content (AvgIpc) is 1.79. The fourth-order valence-electron chi connectivity index (χ4n) is 1.01. The van der Waals surface area contributed by atoms with Crippen molar-refractivity contribution in [2.45, 2.75) is 6.42 Å². The number of ether oxygens (including phenoxy) is 1. The zero-order chi connectivity index (χ0) is 6.74. The third-order valence-corrected chi connectivity index (χ3v) is 1.83. The first-order chi connectivity index (χ1) is 4.33. The lowest BCUT2D eigenvalue weighted by Gasteiger charge is -2.39. The number of nitrogens with two attached hydrogens (primary N) is 1. The second-order valence-corrected chi connectivity index (χ2v) is 2.69. The molecule has 3 nitrogen and oxygen atoms in total. The molecule has 0 aliphatic carbocycles. The van der Waals surface area contributed by atoms with Gasteiger partial charge in [-0.3, -0.25) is 0 Å². The SMILES string of the molecule is NCCC1(CO)COC1. The standard InChI is InChI=1S/C6H13NO2/c7-2-1-6(3-8)4-9-5-6/h8H,1-5,7H2. The summed E-state index contributed by atoms with van der Waals surface area (Å²) >= 11 is 0. The molecule has 54 valence electrons. The lowest BCUT2D eigenvalue weighted by atomic mass is 9.84. The Balaban J connectivity index is 2.28. The van der Waals surface area contributed by atoms with Gasteiger partial charge in [-0.25, -0.2) is 0 Å². The minimum atomic E-state index is 0.0226. The van der Waals surface area contributed by atoms with E-state index in [4.69, 9.17) is 15.6 Å². The zero-order valence-electron chi connectivity index (χ0n) is 5.47. The summed E-state index contributed by atoms with van der Waals surface area (Å²) in [5, 5.41) is 8.83. The van der Waals surface area contributed by atoms with Crippen LogP contribution in [0.3, 0.4) is 0 Å². The van der Waals surface area contributed by atoms with Crippen LogP contribution in [0.1, 0.15) is 6.42 Å². The summed E-state index contributed by atoms with van der Waals surface area (Å²) in [6.45, 7) is 2.22. The Kier molecular flexibility index (Phi) is 2.05. The Morgan fingerprint density at radius 2 is 2.22 bits per heavy atom. The maximum absolute atomic E-state index is 8.83. The van der Waals surface area contributed by atoms with E-state index < -0.39 is 0 Å². The van der Waals surface area contributed by atoms with E-state index in [1.54, 1.807) is 0 Å². The molecule has 1 heterocycles. The van der Waals surface area contributed by atoms with Gasteiger partial charge in [0.2, 0.25) is 0 Å². The van der Waals surface area contributed by atoms with E-state index >= 15 is 0 Å². The topological polar surface area (TPSA) is 55.5 Å². The van der Waals surface area contributed by atoms with Crippen molar-refractivity contribution < 1.29 is 9.84 Å². The van der Waals surface area contributed by atoms with E-state index in [9.17, 15) is 0 Å². The summed E-state index contributed by atoms with van der Waals surface area (Å²) in [5.41, 5.74) is 5.36. The molecule has 3 heteroatoms. The highest BCUT2D eigenvalue weighted by Crippen LogP contribution is 2.29. The molecule has 0 unspecified atom stereocenters. The van der Waals surface area contributed by atoms with Crippen molar-refractivity contribution in [1.82, 2.24) is 0 Å². The molecule has 9 heavy (non-hydrogen) atoms. The first kappa shape index (κ1) is 6.99. The Bertz CT molecular complexity index is 85.5. The molecule has 1 aliphatic rings. The van der Waals surface area contributed by atoms with Crippen LogP contribution < -0.4 is 5.73 Å². The molecule has 0 spiro atoms. The molecule has 1 rings (SSSR count). The van der Waals surface area contributed by atoms with Gasteiger partial charge < -0.3 is 15.6 Å². The third-order valence-electron chi connectivity index (χ3n) is 1.83. The highest BCUT2D eigenvalue weighted by Gasteiger charge is 2.36. The average molecular weight is 131 g/mol. The van der Waals surface area contributed by atoms with Crippen LogP contribution in [-0.2, 0) is 4.74 Å². The fourth-order valence-corrected chi connectivity index (χ4v) is 1.01. The summed E-state index contributed by atoms with van der Waals surface area (Å²) in [5.74, 6) is 0. The van der Waals surface area contributed by atoms with Crippen molar-refractivity contribution >= 4 is 0 Å². The minimum absolute atomic E-state index is 0.0226. The highest BCUT2D eigenvalue weighted by atomic mass is 16.5. The second kappa shape index (κ2) is 2.64. The van der Waals surface area contributed by atoms with Crippen molar-refractivity contribution in [2.75, 3.05) is 26.4 Å². The van der Waals surface area contributed by atoms with E-state index in [1.807, 2.05) is 0 Å². The predicted molar refractivity (Wildman–Crippen MR) is 34.0 cm³/mol. The van der Waals surface area contributed by atoms with Crippen LogP contribution in [0.15, 0.2) is 0 Å². The van der Waals surface area contributed by atoms with Crippen molar-refractivity contribution in [3.63, 3.8) is 0 Å². The smallest absolute Gasteiger partial charge is 0.0567 e. The minimum Gasteiger partial charge on any atom is -0.396 e. The maximum Gasteiger partial charge on any atom is 0.0567 e. The van der Waals surface area contributed by atoms with Gasteiger partial charge in [0, 0.05) is 5.41 Å². The van der Waals surface area contributed by atoms with Gasteiger partial charge in [0.1, 0.15) is 0 Å². The second-order valence-electron chi connectivity index (χ2n) is 2.69. The molecular weight excluding hydrogens is 118 g/mol. The van der Waals surface area contributed by atoms with E-state index in [0.717, 1.165) is 6.42 Å². The molecule has 0 aromatic heterocycles. The van der Waals surface area contributed by atoms with Crippen LogP contribution in [0.4, 0.5) is 0 Å². The number of hydrogen-bond acceptors (Lipinski definition) is 3. The van der Waals surface area contributed by atoms with Gasteiger partial charge in [0.25, 0.3) is 0 Å². The van der Waals surface area contributed by atoms with Crippen molar-refractivity contribution in [3.05, 3.63) is 0 Å². The third kappa shape index (κ3) is 1.23. The Hall–Kier alpha value is -0.120. The summed E-state index contributed by atoms with van der Waals surface area (Å²) in [4.78, 5) is 0. The number of rotatable bonds is 3. The van der Waals surface area contributed by atoms with Crippen LogP contribution in [0.2, 0.25) is 0 Å². The molecule has 0 atom stereocenters. The Labute approximate surface area is 54.8 Å². The predicted octanol–water partition coefficient (Wildman–Crippen LogP) is -0.656. The summed E-state index contributed by atoms with van der Waals surface area (Å²) in [7, 11) is 0. The first-order valence-corrected chi connectivity index (χ1v) is 3.22. The van der Waals surface area contributed by atoms with Crippen molar-refractivity contribution in [3.8, 4) is 0 Å². The summed E-state index contributed by atoms with van der Waals surface area (Å²) < 4.78 is 4.97. The number of aliphatic hydroxyl groups excluding tert-OH is 1. The molecule has 1 saturated heterocycles. The van der Waals surface area contributed by atoms with Crippen LogP contribution >= 0.6 is 0 Å². The lowest BCUT2D eigenvalue weighted by molar-refractivity contribution is -0.139. The molecule has 0 aromatic rings. The summed E-state index contributed by atoms with van der Waals surface area (Å²) in [6.07, 6.45) is 0.878. The lowest BCUT2D eigenvalue weighted by Crippen LogP contribution is -2.46. The zero-order valence-corrected chi connectivity index (χ0v) is 5.47. The van der Waals surface area contributed by atoms with Crippen LogP contribution in [0.5, 0.6) is 0 Å². The number of aliphatic hydroxyl groups is 1. The fraction of sp³-hybridized carbons (Fsp3) is 1.00. The number of hydrogen-bond donors (Lipinski definition) is 2. The van der Waals surface area contributed by atoms with Gasteiger partial charge >= 0.3 is 0 Å². The quantitative estimate of drug-likeness (QED) is 0.535. The molecule has 0 amide bonds. The Morgan fingerprint density at radius 1 is 1.56 bits per heavy atom. The van der Waals surface area contributed by atoms with Gasteiger partial charge in [-0.15, -0.1) is 0 Å². The van der Waals surface area contributed by atoms with Crippen LogP contribution in [0.25, 0.3) is 0 Å². The van der Waals surface area contributed by atoms with Gasteiger partial charge in [0.05, 0.1) is 19.8 Å². The molecule has 3 N–H and O–H groups in total. The largest absolute Gasteiger partial charge is 0.396 e. The highest BCUT2D eigenvalue weighted by molar-refractivity contribution is 4.84. The van der Waals surface area contributed by atoms with Gasteiger partial charge in [-0.05, 0) is 13.0 Å². The van der Waals surface area contributed by atoms with Gasteiger partial charge in [0.15, 0.2) is 0 Å². The molecule has 0 radical (unpaired) electrons. The van der Waals surface area contributed by atoms with E-state index in [-0.39, 0.29) is 12.0 Å². The molecule has 0 aromatic carbocycles. The monoisotopic (exact) mass is 131 g/mol. The van der Waals surface area contributed by atoms with Crippen molar-refractivity contribution in [1.29, 1.82) is 0 Å². The van der Waals surface area contributed by atoms with Gasteiger partial charge in [-0.1, -0.05) is 0 Å². The van der Waals surface area contributed by atoms with E-state index in [2.05, 4.69) is 0 Å². The van der Waals surface area contributed by atoms with Gasteiger partial charge in [-0.2, -0.15) is 0 Å². The van der Waals surface area contributed by atoms with Crippen LogP contribution in [-0.4, -0.2) is 31.5 Å². The molecular formula is C6H13NO2. The van der Waals surface area contributed by atoms with Crippen LogP contribution in [0, 0.1) is 5.41 Å². The Morgan fingerprint density at radius 3 is 2.33 bits per heavy atom. The molecule has 1 aliphatic heterocycles.